The Morgan fingerprint density at radius 1 is 1.15 bits per heavy atom. The van der Waals surface area contributed by atoms with E-state index in [0.717, 1.165) is 12.5 Å². The van der Waals surface area contributed by atoms with Crippen LogP contribution in [0.25, 0.3) is 0 Å². The zero-order valence-electron chi connectivity index (χ0n) is 14.4. The Balaban J connectivity index is 2.15. The second kappa shape index (κ2) is 4.92. The third kappa shape index (κ3) is 2.96. The molecule has 1 aliphatic carbocycles. The molecule has 0 bridgehead atoms. The van der Waals surface area contributed by atoms with Crippen LogP contribution in [0.5, 0.6) is 0 Å². The molecule has 1 saturated heterocycles. The fourth-order valence-electron chi connectivity index (χ4n) is 3.99. The van der Waals surface area contributed by atoms with E-state index in [4.69, 9.17) is 0 Å². The summed E-state index contributed by atoms with van der Waals surface area (Å²) in [6.07, 6.45) is 4.01. The molecule has 0 radical (unpaired) electrons. The first-order valence-corrected chi connectivity index (χ1v) is 8.08. The molecule has 1 heterocycles. The quantitative estimate of drug-likeness (QED) is 0.767. The standard InChI is InChI=1S/C17H32N2O/c1-12-13(10-17(5,6)14-8-9-14)11-18(7)15(20)19(12)16(2,3)4/h12-14H,8-11H2,1-7H3/t12-,13?/m0/s1. The molecule has 2 amide bonds. The summed E-state index contributed by atoms with van der Waals surface area (Å²) in [6, 6.07) is 0.516. The van der Waals surface area contributed by atoms with E-state index in [-0.39, 0.29) is 11.6 Å². The molecule has 0 aromatic carbocycles. The van der Waals surface area contributed by atoms with Gasteiger partial charge in [0.1, 0.15) is 0 Å². The van der Waals surface area contributed by atoms with E-state index in [9.17, 15) is 4.79 Å². The molecular formula is C17H32N2O. The summed E-state index contributed by atoms with van der Waals surface area (Å²) < 4.78 is 0. The van der Waals surface area contributed by atoms with E-state index in [2.05, 4.69) is 46.4 Å². The molecule has 20 heavy (non-hydrogen) atoms. The first kappa shape index (κ1) is 15.7. The number of urea groups is 1. The number of rotatable bonds is 3. The zero-order chi connectivity index (χ0) is 15.3. The van der Waals surface area contributed by atoms with Crippen LogP contribution >= 0.6 is 0 Å². The summed E-state index contributed by atoms with van der Waals surface area (Å²) in [5, 5.41) is 0. The van der Waals surface area contributed by atoms with Crippen molar-refractivity contribution in [3.05, 3.63) is 0 Å². The smallest absolute Gasteiger partial charge is 0.320 e. The van der Waals surface area contributed by atoms with Gasteiger partial charge in [0.15, 0.2) is 0 Å². The normalized spacial score (nSPS) is 29.1. The highest BCUT2D eigenvalue weighted by Crippen LogP contribution is 2.49. The average Bonchev–Trinajstić information content (AvgIpc) is 3.07. The minimum Gasteiger partial charge on any atom is -0.327 e. The fraction of sp³-hybridized carbons (Fsp3) is 0.941. The lowest BCUT2D eigenvalue weighted by Crippen LogP contribution is -2.63. The van der Waals surface area contributed by atoms with Crippen molar-refractivity contribution < 1.29 is 4.79 Å². The lowest BCUT2D eigenvalue weighted by atomic mass is 9.75. The van der Waals surface area contributed by atoms with Crippen molar-refractivity contribution >= 4 is 6.03 Å². The fourth-order valence-corrected chi connectivity index (χ4v) is 3.99. The molecule has 1 saturated carbocycles. The van der Waals surface area contributed by atoms with Gasteiger partial charge in [-0.25, -0.2) is 4.79 Å². The molecule has 2 rings (SSSR count). The predicted octanol–water partition coefficient (Wildman–Crippen LogP) is 3.98. The van der Waals surface area contributed by atoms with Crippen LogP contribution in [0.3, 0.4) is 0 Å². The number of nitrogens with zero attached hydrogens (tertiary/aromatic N) is 2. The Morgan fingerprint density at radius 3 is 2.15 bits per heavy atom. The topological polar surface area (TPSA) is 23.6 Å². The Bertz CT molecular complexity index is 379. The summed E-state index contributed by atoms with van der Waals surface area (Å²) in [6.45, 7) is 14.4. The highest BCUT2D eigenvalue weighted by atomic mass is 16.2. The van der Waals surface area contributed by atoms with Crippen molar-refractivity contribution in [1.82, 2.24) is 9.80 Å². The maximum atomic E-state index is 12.5. The largest absolute Gasteiger partial charge is 0.327 e. The minimum atomic E-state index is -0.104. The van der Waals surface area contributed by atoms with Gasteiger partial charge in [-0.1, -0.05) is 13.8 Å². The van der Waals surface area contributed by atoms with Gasteiger partial charge in [-0.3, -0.25) is 0 Å². The third-order valence-corrected chi connectivity index (χ3v) is 5.32. The van der Waals surface area contributed by atoms with Crippen molar-refractivity contribution in [2.75, 3.05) is 13.6 Å². The molecule has 3 heteroatoms. The lowest BCUT2D eigenvalue weighted by molar-refractivity contribution is 0.0140. The van der Waals surface area contributed by atoms with Crippen molar-refractivity contribution in [2.45, 2.75) is 72.4 Å². The number of hydrogen-bond donors (Lipinski definition) is 0. The zero-order valence-corrected chi connectivity index (χ0v) is 14.4. The van der Waals surface area contributed by atoms with Crippen molar-refractivity contribution in [2.24, 2.45) is 17.3 Å². The molecule has 3 nitrogen and oxygen atoms in total. The molecule has 1 aliphatic heterocycles. The van der Waals surface area contributed by atoms with Gasteiger partial charge in [0, 0.05) is 25.2 Å². The van der Waals surface area contributed by atoms with Crippen LogP contribution in [0.15, 0.2) is 0 Å². The summed E-state index contributed by atoms with van der Waals surface area (Å²) in [5.74, 6) is 1.48. The monoisotopic (exact) mass is 280 g/mol. The minimum absolute atomic E-state index is 0.104. The van der Waals surface area contributed by atoms with Crippen LogP contribution in [0.4, 0.5) is 4.79 Å². The average molecular weight is 280 g/mol. The summed E-state index contributed by atoms with van der Waals surface area (Å²) in [7, 11) is 1.95. The molecule has 2 aliphatic rings. The predicted molar refractivity (Wildman–Crippen MR) is 83.7 cm³/mol. The first-order chi connectivity index (χ1) is 9.04. The Kier molecular flexibility index (Phi) is 3.85. The first-order valence-electron chi connectivity index (χ1n) is 8.08. The highest BCUT2D eigenvalue weighted by Gasteiger charge is 2.45. The molecule has 0 spiro atoms. The van der Waals surface area contributed by atoms with Crippen LogP contribution < -0.4 is 0 Å². The van der Waals surface area contributed by atoms with Gasteiger partial charge in [-0.2, -0.15) is 0 Å². The van der Waals surface area contributed by atoms with Gasteiger partial charge in [-0.05, 0) is 64.2 Å². The molecule has 2 atom stereocenters. The van der Waals surface area contributed by atoms with Crippen LogP contribution in [0, 0.1) is 17.3 Å². The van der Waals surface area contributed by atoms with E-state index in [1.165, 1.54) is 19.3 Å². The van der Waals surface area contributed by atoms with Crippen molar-refractivity contribution in [3.63, 3.8) is 0 Å². The molecule has 2 fully saturated rings. The number of carbonyl (C=O) groups excluding carboxylic acids is 1. The third-order valence-electron chi connectivity index (χ3n) is 5.32. The van der Waals surface area contributed by atoms with Crippen LogP contribution in [-0.2, 0) is 0 Å². The van der Waals surface area contributed by atoms with Gasteiger partial charge in [0.25, 0.3) is 0 Å². The van der Waals surface area contributed by atoms with Crippen molar-refractivity contribution in [3.8, 4) is 0 Å². The Morgan fingerprint density at radius 2 is 1.70 bits per heavy atom. The Hall–Kier alpha value is -0.730. The van der Waals surface area contributed by atoms with Crippen molar-refractivity contribution in [1.29, 1.82) is 0 Å². The van der Waals surface area contributed by atoms with E-state index in [0.29, 0.717) is 17.4 Å². The molecule has 116 valence electrons. The summed E-state index contributed by atoms with van der Waals surface area (Å²) >= 11 is 0. The highest BCUT2D eigenvalue weighted by molar-refractivity contribution is 5.76. The molecule has 1 unspecified atom stereocenters. The Labute approximate surface area is 124 Å². The van der Waals surface area contributed by atoms with E-state index in [1.807, 2.05) is 11.9 Å². The SMILES string of the molecule is C[C@H]1C(CC(C)(C)C2CC2)CN(C)C(=O)N1C(C)(C)C. The second-order valence-electron chi connectivity index (χ2n) is 8.67. The molecule has 0 N–H and O–H groups in total. The van der Waals surface area contributed by atoms with Gasteiger partial charge in [0.2, 0.25) is 0 Å². The number of carbonyl (C=O) groups is 1. The summed E-state index contributed by atoms with van der Waals surface area (Å²) in [5.41, 5.74) is 0.316. The van der Waals surface area contributed by atoms with Crippen LogP contribution in [0.1, 0.15) is 60.8 Å². The molecule has 0 aromatic heterocycles. The summed E-state index contributed by atoms with van der Waals surface area (Å²) in [4.78, 5) is 16.5. The van der Waals surface area contributed by atoms with E-state index >= 15 is 0 Å². The van der Waals surface area contributed by atoms with E-state index in [1.54, 1.807) is 0 Å². The molecule has 0 aromatic rings. The maximum absolute atomic E-state index is 12.5. The van der Waals surface area contributed by atoms with Gasteiger partial charge in [-0.15, -0.1) is 0 Å². The number of hydrogen-bond acceptors (Lipinski definition) is 1. The van der Waals surface area contributed by atoms with Gasteiger partial charge >= 0.3 is 6.03 Å². The van der Waals surface area contributed by atoms with Crippen LogP contribution in [-0.4, -0.2) is 41.0 Å². The second-order valence-corrected chi connectivity index (χ2v) is 8.67. The van der Waals surface area contributed by atoms with E-state index < -0.39 is 0 Å². The lowest BCUT2D eigenvalue weighted by Gasteiger charge is -2.51. The molecular weight excluding hydrogens is 248 g/mol. The van der Waals surface area contributed by atoms with Gasteiger partial charge in [0.05, 0.1) is 0 Å². The number of amides is 2. The van der Waals surface area contributed by atoms with Gasteiger partial charge < -0.3 is 9.80 Å². The van der Waals surface area contributed by atoms with Crippen LogP contribution in [0.2, 0.25) is 0 Å². The maximum Gasteiger partial charge on any atom is 0.320 e.